The lowest BCUT2D eigenvalue weighted by molar-refractivity contribution is -0.129. The van der Waals surface area contributed by atoms with E-state index in [4.69, 9.17) is 5.73 Å². The molecule has 0 aliphatic carbocycles. The van der Waals surface area contributed by atoms with Crippen LogP contribution in [-0.4, -0.2) is 33.8 Å². The third-order valence-corrected chi connectivity index (χ3v) is 5.10. The summed E-state index contributed by atoms with van der Waals surface area (Å²) in [6.45, 7) is 0. The number of carbonyl (C=O) groups excluding carboxylic acids is 1. The summed E-state index contributed by atoms with van der Waals surface area (Å²) >= 11 is 0. The van der Waals surface area contributed by atoms with E-state index >= 15 is 0 Å². The van der Waals surface area contributed by atoms with Crippen molar-refractivity contribution in [1.82, 2.24) is 14.9 Å². The van der Waals surface area contributed by atoms with E-state index in [1.165, 1.54) is 43.6 Å². The van der Waals surface area contributed by atoms with Gasteiger partial charge in [0.1, 0.15) is 11.5 Å². The number of hydrogen-bond acceptors (Lipinski definition) is 5. The average molecular weight is 429 g/mol. The molecule has 1 amide bonds. The highest BCUT2D eigenvalue weighted by Crippen LogP contribution is 2.41. The number of nitrogens with two attached hydrogens (primary N) is 1. The molecule has 1 aliphatic rings. The molecule has 0 radical (unpaired) electrons. The molecule has 3 aromatic rings. The van der Waals surface area contributed by atoms with Crippen LogP contribution in [-0.2, 0) is 10.3 Å². The van der Waals surface area contributed by atoms with Crippen molar-refractivity contribution in [3.8, 4) is 11.1 Å². The van der Waals surface area contributed by atoms with Crippen LogP contribution in [0.5, 0.6) is 0 Å². The Balaban J connectivity index is 1.99. The van der Waals surface area contributed by atoms with Gasteiger partial charge in [0.15, 0.2) is 11.5 Å². The Labute approximate surface area is 174 Å². The summed E-state index contributed by atoms with van der Waals surface area (Å²) in [5.74, 6) is -2.46. The molecule has 0 spiro atoms. The number of pyridine rings is 2. The molecule has 1 aromatic carbocycles. The van der Waals surface area contributed by atoms with Gasteiger partial charge in [-0.2, -0.15) is 4.39 Å². The maximum Gasteiger partial charge on any atom is 0.280 e. The molecule has 10 heteroatoms. The third kappa shape index (κ3) is 3.20. The van der Waals surface area contributed by atoms with Crippen LogP contribution < -0.4 is 5.73 Å². The molecule has 1 atom stereocenters. The zero-order valence-electron chi connectivity index (χ0n) is 16.1. The monoisotopic (exact) mass is 429 g/mol. The topological polar surface area (TPSA) is 84.5 Å². The number of rotatable bonds is 4. The van der Waals surface area contributed by atoms with Crippen LogP contribution in [0, 0.1) is 11.8 Å². The first-order chi connectivity index (χ1) is 14.8. The molecular weight excluding hydrogens is 414 g/mol. The van der Waals surface area contributed by atoms with Crippen molar-refractivity contribution in [1.29, 1.82) is 0 Å². The standard InChI is InChI=1S/C21H15F4N5O/c1-30-19(31)21(29-20(30)26,12-6-8-27-16(10-12)17(23)24)11-4-5-15(22)14(9-11)13-3-2-7-28-18(13)25/h2-10,17H,1H3,(H2,26,29). The van der Waals surface area contributed by atoms with Crippen molar-refractivity contribution in [3.05, 3.63) is 83.4 Å². The predicted octanol–water partition coefficient (Wildman–Crippen LogP) is 3.39. The van der Waals surface area contributed by atoms with E-state index in [-0.39, 0.29) is 28.2 Å². The maximum atomic E-state index is 14.6. The Morgan fingerprint density at radius 3 is 2.39 bits per heavy atom. The smallest absolute Gasteiger partial charge is 0.280 e. The molecule has 6 nitrogen and oxygen atoms in total. The lowest BCUT2D eigenvalue weighted by Gasteiger charge is -2.27. The Bertz CT molecular complexity index is 1220. The molecule has 3 heterocycles. The first-order valence-corrected chi connectivity index (χ1v) is 9.04. The van der Waals surface area contributed by atoms with Crippen LogP contribution in [0.3, 0.4) is 0 Å². The number of aliphatic imine (C=N–C) groups is 1. The second-order valence-corrected chi connectivity index (χ2v) is 6.85. The number of alkyl halides is 2. The zero-order chi connectivity index (χ0) is 22.3. The summed E-state index contributed by atoms with van der Waals surface area (Å²) in [4.78, 5) is 25.7. The average Bonchev–Trinajstić information content (AvgIpc) is 2.99. The first kappa shape index (κ1) is 20.5. The van der Waals surface area contributed by atoms with Gasteiger partial charge in [0.25, 0.3) is 12.3 Å². The summed E-state index contributed by atoms with van der Waals surface area (Å²) in [5.41, 5.74) is 3.33. The lowest BCUT2D eigenvalue weighted by Crippen LogP contribution is -2.41. The van der Waals surface area contributed by atoms with Gasteiger partial charge >= 0.3 is 0 Å². The van der Waals surface area contributed by atoms with Gasteiger partial charge in [-0.1, -0.05) is 6.07 Å². The Hall–Kier alpha value is -3.82. The fourth-order valence-corrected chi connectivity index (χ4v) is 3.52. The molecule has 0 saturated carbocycles. The van der Waals surface area contributed by atoms with Crippen LogP contribution in [0.15, 0.2) is 59.9 Å². The Morgan fingerprint density at radius 2 is 1.74 bits per heavy atom. The number of likely N-dealkylation sites (N-methyl/N-ethyl adjacent to an activating group) is 1. The van der Waals surface area contributed by atoms with Gasteiger partial charge in [0, 0.05) is 30.6 Å². The molecule has 0 fully saturated rings. The molecule has 158 valence electrons. The maximum absolute atomic E-state index is 14.6. The minimum Gasteiger partial charge on any atom is -0.369 e. The number of nitrogens with zero attached hydrogens (tertiary/aromatic N) is 4. The van der Waals surface area contributed by atoms with Crippen LogP contribution >= 0.6 is 0 Å². The van der Waals surface area contributed by atoms with Crippen molar-refractivity contribution in [2.45, 2.75) is 12.0 Å². The molecule has 4 rings (SSSR count). The zero-order valence-corrected chi connectivity index (χ0v) is 16.1. The molecule has 2 N–H and O–H groups in total. The second kappa shape index (κ2) is 7.46. The Morgan fingerprint density at radius 1 is 1.00 bits per heavy atom. The van der Waals surface area contributed by atoms with Gasteiger partial charge in [-0.05, 0) is 47.5 Å². The van der Waals surface area contributed by atoms with Crippen LogP contribution in [0.1, 0.15) is 23.2 Å². The van der Waals surface area contributed by atoms with Crippen LogP contribution in [0.4, 0.5) is 17.6 Å². The van der Waals surface area contributed by atoms with Crippen molar-refractivity contribution in [3.63, 3.8) is 0 Å². The molecule has 0 saturated heterocycles. The summed E-state index contributed by atoms with van der Waals surface area (Å²) in [7, 11) is 1.38. The van der Waals surface area contributed by atoms with E-state index in [1.54, 1.807) is 0 Å². The number of guanidine groups is 1. The van der Waals surface area contributed by atoms with E-state index in [0.717, 1.165) is 23.2 Å². The number of benzene rings is 1. The van der Waals surface area contributed by atoms with Gasteiger partial charge in [0.05, 0.1) is 0 Å². The van der Waals surface area contributed by atoms with Gasteiger partial charge in [-0.15, -0.1) is 0 Å². The number of hydrogen-bond donors (Lipinski definition) is 1. The predicted molar refractivity (Wildman–Crippen MR) is 104 cm³/mol. The van der Waals surface area contributed by atoms with E-state index < -0.39 is 35.3 Å². The summed E-state index contributed by atoms with van der Waals surface area (Å²) in [6.07, 6.45) is -0.548. The third-order valence-electron chi connectivity index (χ3n) is 5.10. The molecule has 0 bridgehead atoms. The summed E-state index contributed by atoms with van der Waals surface area (Å²) in [6, 6.07) is 8.74. The molecular formula is C21H15F4N5O. The largest absolute Gasteiger partial charge is 0.369 e. The fourth-order valence-electron chi connectivity index (χ4n) is 3.52. The van der Waals surface area contributed by atoms with E-state index in [0.29, 0.717) is 0 Å². The van der Waals surface area contributed by atoms with E-state index in [1.807, 2.05) is 0 Å². The van der Waals surface area contributed by atoms with Gasteiger partial charge in [0.2, 0.25) is 5.95 Å². The van der Waals surface area contributed by atoms with Gasteiger partial charge in [-0.25, -0.2) is 23.1 Å². The minimum atomic E-state index is -2.89. The van der Waals surface area contributed by atoms with Crippen molar-refractivity contribution in [2.75, 3.05) is 7.05 Å². The van der Waals surface area contributed by atoms with E-state index in [9.17, 15) is 22.4 Å². The van der Waals surface area contributed by atoms with Crippen molar-refractivity contribution < 1.29 is 22.4 Å². The molecule has 1 aliphatic heterocycles. The van der Waals surface area contributed by atoms with Crippen molar-refractivity contribution in [2.24, 2.45) is 10.7 Å². The number of carbonyl (C=O) groups is 1. The second-order valence-electron chi connectivity index (χ2n) is 6.85. The first-order valence-electron chi connectivity index (χ1n) is 9.04. The minimum absolute atomic E-state index is 0.0688. The molecule has 2 aromatic heterocycles. The lowest BCUT2D eigenvalue weighted by atomic mass is 9.81. The highest BCUT2D eigenvalue weighted by molar-refractivity contribution is 6.09. The summed E-state index contributed by atoms with van der Waals surface area (Å²) < 4.78 is 55.4. The van der Waals surface area contributed by atoms with Crippen LogP contribution in [0.25, 0.3) is 11.1 Å². The molecule has 1 unspecified atom stereocenters. The quantitative estimate of drug-likeness (QED) is 0.509. The normalized spacial score (nSPS) is 18.6. The highest BCUT2D eigenvalue weighted by atomic mass is 19.3. The van der Waals surface area contributed by atoms with Gasteiger partial charge in [-0.3, -0.25) is 14.7 Å². The fraction of sp³-hybridized carbons (Fsp3) is 0.143. The van der Waals surface area contributed by atoms with E-state index in [2.05, 4.69) is 15.0 Å². The number of amides is 1. The Kier molecular flexibility index (Phi) is 4.92. The number of aromatic nitrogens is 2. The van der Waals surface area contributed by atoms with Gasteiger partial charge < -0.3 is 5.73 Å². The van der Waals surface area contributed by atoms with Crippen molar-refractivity contribution >= 4 is 11.9 Å². The highest BCUT2D eigenvalue weighted by Gasteiger charge is 2.50. The van der Waals surface area contributed by atoms with Crippen LogP contribution in [0.2, 0.25) is 0 Å². The summed E-state index contributed by atoms with van der Waals surface area (Å²) in [5, 5.41) is 0. The number of halogens is 4. The SMILES string of the molecule is CN1C(=O)C(c2ccnc(C(F)F)c2)(c2ccc(F)c(-c3cccnc3F)c2)N=C1N. The molecule has 31 heavy (non-hydrogen) atoms.